The van der Waals surface area contributed by atoms with Gasteiger partial charge < -0.3 is 10.1 Å². The maximum atomic E-state index is 13.2. The Morgan fingerprint density at radius 2 is 2.15 bits per heavy atom. The number of hydrogen-bond donors (Lipinski definition) is 0. The Balaban J connectivity index is 1.97. The van der Waals surface area contributed by atoms with Gasteiger partial charge in [0.05, 0.1) is 0 Å². The van der Waals surface area contributed by atoms with Gasteiger partial charge in [0.15, 0.2) is 12.4 Å². The van der Waals surface area contributed by atoms with Gasteiger partial charge in [-0.15, -0.1) is 0 Å². The molecule has 0 radical (unpaired) electrons. The first-order chi connectivity index (χ1) is 9.54. The van der Waals surface area contributed by atoms with Gasteiger partial charge in [-0.2, -0.15) is 4.73 Å². The van der Waals surface area contributed by atoms with E-state index in [1.165, 1.54) is 24.5 Å². The maximum Gasteiger partial charge on any atom is 0.264 e. The van der Waals surface area contributed by atoms with Crippen molar-refractivity contribution in [3.63, 3.8) is 0 Å². The molecule has 0 fully saturated rings. The summed E-state index contributed by atoms with van der Waals surface area (Å²) in [5.41, 5.74) is 2.61. The highest BCUT2D eigenvalue weighted by Gasteiger charge is 2.27. The van der Waals surface area contributed by atoms with Crippen LogP contribution < -0.4 is 15.1 Å². The van der Waals surface area contributed by atoms with Crippen molar-refractivity contribution in [2.24, 2.45) is 0 Å². The second-order valence-electron chi connectivity index (χ2n) is 4.94. The average Bonchev–Trinajstić information content (AvgIpc) is 2.79. The summed E-state index contributed by atoms with van der Waals surface area (Å²) in [6.07, 6.45) is 3.29. The van der Waals surface area contributed by atoms with Crippen LogP contribution in [-0.2, 0) is 6.42 Å². The van der Waals surface area contributed by atoms with Crippen LogP contribution in [0.4, 0.5) is 10.1 Å². The van der Waals surface area contributed by atoms with Gasteiger partial charge in [0, 0.05) is 12.2 Å². The molecule has 3 rings (SSSR count). The van der Waals surface area contributed by atoms with E-state index in [2.05, 4.69) is 0 Å². The van der Waals surface area contributed by atoms with Gasteiger partial charge >= 0.3 is 0 Å². The first-order valence-electron chi connectivity index (χ1n) is 6.35. The Morgan fingerprint density at radius 3 is 2.90 bits per heavy atom. The summed E-state index contributed by atoms with van der Waals surface area (Å²) >= 11 is 0. The molecule has 2 aromatic rings. The van der Waals surface area contributed by atoms with Crippen LogP contribution in [0.5, 0.6) is 0 Å². The number of fused-ring (bicyclic) bond motifs is 1. The third-order valence-electron chi connectivity index (χ3n) is 3.41. The van der Waals surface area contributed by atoms with E-state index in [0.717, 1.165) is 16.7 Å². The summed E-state index contributed by atoms with van der Waals surface area (Å²) < 4.78 is 13.8. The van der Waals surface area contributed by atoms with Crippen LogP contribution in [0.25, 0.3) is 0 Å². The zero-order chi connectivity index (χ0) is 14.3. The van der Waals surface area contributed by atoms with Crippen LogP contribution >= 0.6 is 0 Å². The predicted molar refractivity (Wildman–Crippen MR) is 75.4 cm³/mol. The molecule has 4 nitrogen and oxygen atoms in total. The Morgan fingerprint density at radius 1 is 1.35 bits per heavy atom. The molecule has 100 valence electrons. The minimum absolute atomic E-state index is 0.233. The quantitative estimate of drug-likeness (QED) is 0.413. The number of anilines is 1. The molecule has 1 aromatic heterocycles. The monoisotopic (exact) mass is 270 g/mol. The molecule has 1 aliphatic heterocycles. The van der Waals surface area contributed by atoms with E-state index in [1.807, 2.05) is 0 Å². The molecule has 1 aromatic carbocycles. The number of halogens is 1. The number of nitrogens with zero attached hydrogens (tertiary/aromatic N) is 2. The SMILES string of the molecule is Bc1cc(C(=O)N2CCc3cc(F)ccc32)c[n+]([O-])c1. The third-order valence-corrected chi connectivity index (χ3v) is 3.41. The lowest BCUT2D eigenvalue weighted by molar-refractivity contribution is -0.604. The number of carbonyl (C=O) groups excluding carboxylic acids is 1. The van der Waals surface area contributed by atoms with E-state index in [-0.39, 0.29) is 11.7 Å². The van der Waals surface area contributed by atoms with E-state index in [4.69, 9.17) is 0 Å². The van der Waals surface area contributed by atoms with Crippen LogP contribution in [0.1, 0.15) is 15.9 Å². The Hall–Kier alpha value is -2.37. The highest BCUT2D eigenvalue weighted by Crippen LogP contribution is 2.29. The smallest absolute Gasteiger partial charge is 0.264 e. The van der Waals surface area contributed by atoms with Crippen molar-refractivity contribution in [1.29, 1.82) is 0 Å². The minimum Gasteiger partial charge on any atom is -0.619 e. The maximum absolute atomic E-state index is 13.2. The van der Waals surface area contributed by atoms with Crippen LogP contribution in [0, 0.1) is 11.0 Å². The van der Waals surface area contributed by atoms with Crippen molar-refractivity contribution in [3.8, 4) is 0 Å². The molecule has 0 bridgehead atoms. The molecule has 20 heavy (non-hydrogen) atoms. The number of aromatic nitrogens is 1. The Bertz CT molecular complexity index is 685. The zero-order valence-electron chi connectivity index (χ0n) is 11.0. The third kappa shape index (κ3) is 2.13. The van der Waals surface area contributed by atoms with E-state index >= 15 is 0 Å². The van der Waals surface area contributed by atoms with Crippen molar-refractivity contribution in [2.75, 3.05) is 11.4 Å². The van der Waals surface area contributed by atoms with Crippen molar-refractivity contribution in [3.05, 3.63) is 58.8 Å². The van der Waals surface area contributed by atoms with Gasteiger partial charge in [-0.05, 0) is 41.7 Å². The van der Waals surface area contributed by atoms with Gasteiger partial charge in [-0.3, -0.25) is 4.79 Å². The standard InChI is InChI=1S/C14H12BFN2O2/c15-11-5-10(7-17(20)8-11)14(19)18-4-3-9-6-12(16)1-2-13(9)18/h1-2,5-8H,3-4,15H2. The molecule has 0 spiro atoms. The van der Waals surface area contributed by atoms with E-state index in [9.17, 15) is 14.4 Å². The van der Waals surface area contributed by atoms with Crippen LogP contribution in [0.2, 0.25) is 0 Å². The van der Waals surface area contributed by atoms with E-state index in [1.54, 1.807) is 24.9 Å². The first kappa shape index (κ1) is 12.7. The van der Waals surface area contributed by atoms with Crippen molar-refractivity contribution < 1.29 is 13.9 Å². The molecule has 0 N–H and O–H groups in total. The molecule has 0 saturated heterocycles. The summed E-state index contributed by atoms with van der Waals surface area (Å²) in [6.45, 7) is 0.504. The van der Waals surface area contributed by atoms with E-state index in [0.29, 0.717) is 23.3 Å². The molecular formula is C14H12BFN2O2. The molecule has 0 unspecified atom stereocenters. The number of pyridine rings is 1. The number of benzene rings is 1. The number of hydrogen-bond acceptors (Lipinski definition) is 2. The van der Waals surface area contributed by atoms with Crippen LogP contribution in [0.3, 0.4) is 0 Å². The van der Waals surface area contributed by atoms with Gasteiger partial charge in [0.25, 0.3) is 5.91 Å². The molecule has 0 aliphatic carbocycles. The summed E-state index contributed by atoms with van der Waals surface area (Å²) in [7, 11) is 1.76. The van der Waals surface area contributed by atoms with Crippen LogP contribution in [0.15, 0.2) is 36.7 Å². The van der Waals surface area contributed by atoms with Crippen molar-refractivity contribution in [2.45, 2.75) is 6.42 Å². The molecule has 1 aliphatic rings. The van der Waals surface area contributed by atoms with Gasteiger partial charge in [-0.25, -0.2) is 4.39 Å². The molecular weight excluding hydrogens is 258 g/mol. The molecule has 0 saturated carbocycles. The lowest BCUT2D eigenvalue weighted by Gasteiger charge is -2.17. The van der Waals surface area contributed by atoms with Gasteiger partial charge in [-0.1, -0.05) is 0 Å². The minimum atomic E-state index is -0.300. The van der Waals surface area contributed by atoms with Gasteiger partial charge in [0.1, 0.15) is 19.2 Å². The highest BCUT2D eigenvalue weighted by atomic mass is 19.1. The predicted octanol–water partition coefficient (Wildman–Crippen LogP) is -0.0796. The Kier molecular flexibility index (Phi) is 2.93. The summed E-state index contributed by atoms with van der Waals surface area (Å²) in [6, 6.07) is 6.08. The lowest BCUT2D eigenvalue weighted by atomic mass is 9.97. The highest BCUT2D eigenvalue weighted by molar-refractivity contribution is 6.32. The zero-order valence-corrected chi connectivity index (χ0v) is 11.0. The van der Waals surface area contributed by atoms with Crippen molar-refractivity contribution >= 4 is 24.9 Å². The largest absolute Gasteiger partial charge is 0.619 e. The van der Waals surface area contributed by atoms with Crippen molar-refractivity contribution in [1.82, 2.24) is 0 Å². The van der Waals surface area contributed by atoms with E-state index < -0.39 is 0 Å². The fourth-order valence-electron chi connectivity index (χ4n) is 2.55. The summed E-state index contributed by atoms with van der Waals surface area (Å²) in [5.74, 6) is -0.533. The fourth-order valence-corrected chi connectivity index (χ4v) is 2.55. The second-order valence-corrected chi connectivity index (χ2v) is 4.94. The van der Waals surface area contributed by atoms with Crippen LogP contribution in [-0.4, -0.2) is 20.3 Å². The lowest BCUT2D eigenvalue weighted by Crippen LogP contribution is -2.36. The normalized spacial score (nSPS) is 13.3. The first-order valence-corrected chi connectivity index (χ1v) is 6.35. The Labute approximate surface area is 116 Å². The van der Waals surface area contributed by atoms with Gasteiger partial charge in [0.2, 0.25) is 0 Å². The topological polar surface area (TPSA) is 47.2 Å². The number of amides is 1. The molecule has 2 heterocycles. The fraction of sp³-hybridized carbons (Fsp3) is 0.143. The summed E-state index contributed by atoms with van der Waals surface area (Å²) in [5, 5.41) is 11.4. The molecule has 1 amide bonds. The summed E-state index contributed by atoms with van der Waals surface area (Å²) in [4.78, 5) is 14.1. The molecule has 6 heteroatoms. The average molecular weight is 270 g/mol. The number of rotatable bonds is 1. The molecule has 0 atom stereocenters. The number of carbonyl (C=O) groups is 1. The second kappa shape index (κ2) is 4.63.